The summed E-state index contributed by atoms with van der Waals surface area (Å²) >= 11 is 16.1. The zero-order valence-corrected chi connectivity index (χ0v) is 44.0. The van der Waals surface area contributed by atoms with Crippen LogP contribution in [-0.2, 0) is 27.3 Å². The number of benzene rings is 4. The third-order valence-corrected chi connectivity index (χ3v) is 15.0. The number of hydrogen-bond donors (Lipinski definition) is 1. The molecule has 1 N–H and O–H groups in total. The van der Waals surface area contributed by atoms with Crippen LogP contribution < -0.4 is 28.4 Å². The molecular formula is C55H56Cl2FN5O10S. The van der Waals surface area contributed by atoms with Crippen LogP contribution in [0.25, 0.3) is 43.0 Å². The number of hydrogen-bond acceptors (Lipinski definition) is 15. The number of fused-ring (bicyclic) bond motifs is 7. The van der Waals surface area contributed by atoms with E-state index in [1.165, 1.54) is 29.8 Å². The summed E-state index contributed by atoms with van der Waals surface area (Å²) in [6.45, 7) is 9.05. The first-order valence-electron chi connectivity index (χ1n) is 24.1. The van der Waals surface area contributed by atoms with Crippen LogP contribution in [0.5, 0.6) is 34.6 Å². The van der Waals surface area contributed by atoms with Crippen molar-refractivity contribution in [1.82, 2.24) is 24.8 Å². The number of nitrogens with zero attached hydrogens (tertiary/aromatic N) is 5. The number of rotatable bonds is 16. The van der Waals surface area contributed by atoms with E-state index in [0.717, 1.165) is 31.7 Å². The first-order chi connectivity index (χ1) is 35.9. The van der Waals surface area contributed by atoms with Gasteiger partial charge in [0.15, 0.2) is 5.75 Å². The molecule has 15 nitrogen and oxygen atoms in total. The Bertz CT molecular complexity index is 3090. The maximum Gasteiger partial charge on any atom is 0.345 e. The third kappa shape index (κ3) is 11.8. The van der Waals surface area contributed by atoms with Gasteiger partial charge in [-0.05, 0) is 97.7 Å². The first kappa shape index (κ1) is 52.5. The van der Waals surface area contributed by atoms with E-state index in [9.17, 15) is 14.3 Å². The molecule has 10 rings (SSSR count). The topological polar surface area (TPSA) is 156 Å². The lowest BCUT2D eigenvalue weighted by molar-refractivity contribution is -0.145. The molecule has 4 aromatic carbocycles. The van der Waals surface area contributed by atoms with Crippen molar-refractivity contribution >= 4 is 50.7 Å². The monoisotopic (exact) mass is 1070 g/mol. The van der Waals surface area contributed by atoms with Crippen molar-refractivity contribution in [1.29, 1.82) is 0 Å². The number of aliphatic carboxylic acids is 1. The molecule has 3 aliphatic heterocycles. The standard InChI is InChI=1S/C55H56Cl2FN5O10S/c1-32-46-33(2)50(57)51(49(32)56)72-38(28-63-20-18-62(3)19-21-63)29-70-37-14-16-42(71-30-41-44(69-25-24-68-23-22-66-4)17-15-40(61-41)39-8-6-7-9-43(39)67-5)35(26-37)27-45(55(64)65)73-53-48-47(46)52(74-54(48)60-31-59-53)34-10-12-36(58)13-11-34/h6-17,26,31,38,45H,18-25,27-30H2,1-5H3,(H,64,65)/t38-,45-/m1/s1. The molecule has 0 unspecified atom stereocenters. The minimum atomic E-state index is -1.52. The average Bonchev–Trinajstić information content (AvgIpc) is 3.79. The number of methoxy groups -OCH3 is 2. The maximum absolute atomic E-state index is 14.5. The predicted molar refractivity (Wildman–Crippen MR) is 283 cm³/mol. The van der Waals surface area contributed by atoms with E-state index in [0.29, 0.717) is 115 Å². The van der Waals surface area contributed by atoms with E-state index in [2.05, 4.69) is 26.8 Å². The summed E-state index contributed by atoms with van der Waals surface area (Å²) < 4.78 is 63.7. The van der Waals surface area contributed by atoms with Crippen LogP contribution in [0.2, 0.25) is 10.0 Å². The van der Waals surface area contributed by atoms with Crippen molar-refractivity contribution in [3.63, 3.8) is 0 Å². The molecule has 0 radical (unpaired) electrons. The second-order valence-electron chi connectivity index (χ2n) is 17.9. The highest BCUT2D eigenvalue weighted by Crippen LogP contribution is 2.53. The Morgan fingerprint density at radius 1 is 0.851 bits per heavy atom. The molecule has 2 atom stereocenters. The van der Waals surface area contributed by atoms with E-state index in [1.54, 1.807) is 44.6 Å². The normalized spacial score (nSPS) is 16.3. The molecular weight excluding hydrogens is 1010 g/mol. The van der Waals surface area contributed by atoms with Gasteiger partial charge in [0.1, 0.15) is 71.6 Å². The fourth-order valence-corrected chi connectivity index (χ4v) is 10.7. The molecule has 1 saturated heterocycles. The highest BCUT2D eigenvalue weighted by Gasteiger charge is 2.32. The Balaban J connectivity index is 1.14. The van der Waals surface area contributed by atoms with E-state index in [4.69, 9.17) is 66.1 Å². The number of aromatic nitrogens is 3. The molecule has 7 aromatic rings. The molecule has 0 spiro atoms. The molecule has 0 amide bonds. The summed E-state index contributed by atoms with van der Waals surface area (Å²) in [4.78, 5) is 33.5. The predicted octanol–water partition coefficient (Wildman–Crippen LogP) is 10.2. The SMILES string of the molecule is COCCOCCOc1ccc(-c2ccccc2OC)nc1COc1ccc2cc1C[C@H](C(=O)O)Oc1ncnc3sc(-c4ccc(F)cc4)c(c13)-c1c(C)c(Cl)c(c(Cl)c1C)O[C@H](CN1CCN(C)CC1)CO2. The number of pyridine rings is 1. The molecule has 3 aliphatic rings. The number of para-hydroxylation sites is 1. The number of carboxylic acid groups (broad SMARTS) is 1. The van der Waals surface area contributed by atoms with Gasteiger partial charge in [-0.2, -0.15) is 0 Å². The quantitative estimate of drug-likeness (QED) is 0.0912. The van der Waals surface area contributed by atoms with Crippen LogP contribution >= 0.6 is 34.5 Å². The van der Waals surface area contributed by atoms with Gasteiger partial charge in [0.25, 0.3) is 0 Å². The molecule has 4 bridgehead atoms. The fourth-order valence-electron chi connectivity index (χ4n) is 9.04. The van der Waals surface area contributed by atoms with Crippen molar-refractivity contribution in [3.05, 3.63) is 123 Å². The second kappa shape index (κ2) is 23.9. The molecule has 6 heterocycles. The van der Waals surface area contributed by atoms with Crippen LogP contribution in [-0.4, -0.2) is 135 Å². The number of ether oxygens (including phenoxy) is 8. The molecule has 1 fully saturated rings. The Hall–Kier alpha value is -6.31. The van der Waals surface area contributed by atoms with E-state index in [-0.39, 0.29) is 42.2 Å². The van der Waals surface area contributed by atoms with Crippen molar-refractivity contribution in [2.75, 3.05) is 87.0 Å². The largest absolute Gasteiger partial charge is 0.496 e. The van der Waals surface area contributed by atoms with Crippen LogP contribution in [0.3, 0.4) is 0 Å². The van der Waals surface area contributed by atoms with Crippen molar-refractivity contribution in [3.8, 4) is 67.5 Å². The summed E-state index contributed by atoms with van der Waals surface area (Å²) in [5.74, 6) is 0.512. The number of halogens is 3. The van der Waals surface area contributed by atoms with E-state index >= 15 is 0 Å². The molecule has 0 aliphatic carbocycles. The fraction of sp³-hybridized carbons (Fsp3) is 0.345. The highest BCUT2D eigenvalue weighted by atomic mass is 35.5. The maximum atomic E-state index is 14.5. The number of carbonyl (C=O) groups is 1. The summed E-state index contributed by atoms with van der Waals surface area (Å²) in [7, 11) is 5.31. The smallest absolute Gasteiger partial charge is 0.345 e. The number of carboxylic acids is 1. The summed E-state index contributed by atoms with van der Waals surface area (Å²) in [5.41, 5.74) is 5.52. The highest BCUT2D eigenvalue weighted by molar-refractivity contribution is 7.22. The van der Waals surface area contributed by atoms with Crippen LogP contribution in [0, 0.1) is 19.7 Å². The molecule has 388 valence electrons. The van der Waals surface area contributed by atoms with Crippen molar-refractivity contribution < 1.29 is 52.2 Å². The van der Waals surface area contributed by atoms with Crippen molar-refractivity contribution in [2.24, 2.45) is 0 Å². The summed E-state index contributed by atoms with van der Waals surface area (Å²) in [5, 5.41) is 12.0. The lowest BCUT2D eigenvalue weighted by atomic mass is 9.92. The van der Waals surface area contributed by atoms with Gasteiger partial charge in [-0.15, -0.1) is 11.3 Å². The van der Waals surface area contributed by atoms with Gasteiger partial charge in [0, 0.05) is 67.8 Å². The Morgan fingerprint density at radius 2 is 1.59 bits per heavy atom. The van der Waals surface area contributed by atoms with Crippen LogP contribution in [0.15, 0.2) is 85.2 Å². The lowest BCUT2D eigenvalue weighted by Gasteiger charge is -2.35. The first-order valence-corrected chi connectivity index (χ1v) is 25.7. The number of piperazine rings is 1. The summed E-state index contributed by atoms with van der Waals surface area (Å²) in [6.07, 6.45) is -0.951. The minimum Gasteiger partial charge on any atom is -0.496 e. The molecule has 0 saturated carbocycles. The molecule has 74 heavy (non-hydrogen) atoms. The van der Waals surface area contributed by atoms with E-state index in [1.807, 2.05) is 50.2 Å². The van der Waals surface area contributed by atoms with Crippen LogP contribution in [0.1, 0.15) is 22.4 Å². The Morgan fingerprint density at radius 3 is 2.34 bits per heavy atom. The van der Waals surface area contributed by atoms with Gasteiger partial charge in [0.2, 0.25) is 12.0 Å². The van der Waals surface area contributed by atoms with Gasteiger partial charge in [-0.3, -0.25) is 4.90 Å². The Kier molecular flexibility index (Phi) is 17.0. The molecule has 3 aromatic heterocycles. The zero-order valence-electron chi connectivity index (χ0n) is 41.6. The average molecular weight is 1070 g/mol. The van der Waals surface area contributed by atoms with E-state index < -0.39 is 24.0 Å². The van der Waals surface area contributed by atoms with Crippen LogP contribution in [0.4, 0.5) is 4.39 Å². The Labute approximate surface area is 442 Å². The van der Waals surface area contributed by atoms with Gasteiger partial charge >= 0.3 is 5.97 Å². The van der Waals surface area contributed by atoms with Gasteiger partial charge < -0.3 is 47.9 Å². The third-order valence-electron chi connectivity index (χ3n) is 13.0. The van der Waals surface area contributed by atoms with Gasteiger partial charge in [-0.1, -0.05) is 47.5 Å². The second-order valence-corrected chi connectivity index (χ2v) is 19.7. The summed E-state index contributed by atoms with van der Waals surface area (Å²) in [6, 6.07) is 22.6. The number of likely N-dealkylation sites (N-methyl/N-ethyl adjacent to an activating group) is 1. The van der Waals surface area contributed by atoms with Gasteiger partial charge in [-0.25, -0.2) is 24.1 Å². The van der Waals surface area contributed by atoms with Crippen molar-refractivity contribution in [2.45, 2.75) is 39.1 Å². The zero-order chi connectivity index (χ0) is 51.9. The minimum absolute atomic E-state index is 0.00478. The van der Waals surface area contributed by atoms with Gasteiger partial charge in [0.05, 0.1) is 48.1 Å². The lowest BCUT2D eigenvalue weighted by Crippen LogP contribution is -2.49. The molecule has 19 heteroatoms. The number of thiophene rings is 1.